The lowest BCUT2D eigenvalue weighted by Gasteiger charge is -2.21. The van der Waals surface area contributed by atoms with Crippen molar-refractivity contribution in [2.75, 3.05) is 0 Å². The third kappa shape index (κ3) is 5.49. The van der Waals surface area contributed by atoms with Gasteiger partial charge in [-0.15, -0.1) is 0 Å². The van der Waals surface area contributed by atoms with Gasteiger partial charge in [0, 0.05) is 6.42 Å². The summed E-state index contributed by atoms with van der Waals surface area (Å²) in [5, 5.41) is 10.0. The average molecular weight is 256 g/mol. The second kappa shape index (κ2) is 6.73. The Morgan fingerprint density at radius 2 is 1.72 bits per heavy atom. The van der Waals surface area contributed by atoms with Gasteiger partial charge in [0.05, 0.1) is 12.0 Å². The van der Waals surface area contributed by atoms with E-state index in [1.807, 2.05) is 13.8 Å². The quantitative estimate of drug-likeness (QED) is 0.648. The first-order chi connectivity index (χ1) is 8.41. The highest BCUT2D eigenvalue weighted by Gasteiger charge is 2.33. The minimum atomic E-state index is -0.868. The zero-order valence-corrected chi connectivity index (χ0v) is 11.3. The number of carbonyl (C=O) groups is 2. The van der Waals surface area contributed by atoms with E-state index in [1.165, 1.54) is 0 Å². The minimum Gasteiger partial charge on any atom is -0.389 e. The lowest BCUT2D eigenvalue weighted by molar-refractivity contribution is -0.132. The first-order valence-electron chi connectivity index (χ1n) is 6.71. The van der Waals surface area contributed by atoms with Gasteiger partial charge in [-0.3, -0.25) is 20.4 Å². The number of rotatable bonds is 5. The summed E-state index contributed by atoms with van der Waals surface area (Å²) in [5.74, 6) is -0.0431. The van der Waals surface area contributed by atoms with E-state index in [1.54, 1.807) is 0 Å². The molecule has 0 aromatic rings. The molecule has 0 saturated heterocycles. The lowest BCUT2D eigenvalue weighted by atomic mass is 9.98. The van der Waals surface area contributed by atoms with Crippen molar-refractivity contribution in [2.24, 2.45) is 5.92 Å². The Hall–Kier alpha value is -1.10. The van der Waals surface area contributed by atoms with Gasteiger partial charge in [0.1, 0.15) is 0 Å². The van der Waals surface area contributed by atoms with Gasteiger partial charge in [0.2, 0.25) is 11.8 Å². The van der Waals surface area contributed by atoms with Crippen LogP contribution in [0.5, 0.6) is 0 Å². The molecule has 1 aliphatic rings. The molecule has 1 aliphatic carbocycles. The van der Waals surface area contributed by atoms with Crippen LogP contribution in [0.1, 0.15) is 58.8 Å². The van der Waals surface area contributed by atoms with Crippen LogP contribution in [0.4, 0.5) is 0 Å². The molecule has 3 N–H and O–H groups in total. The van der Waals surface area contributed by atoms with E-state index in [2.05, 4.69) is 10.9 Å². The van der Waals surface area contributed by atoms with Crippen LogP contribution in [0.15, 0.2) is 0 Å². The third-order valence-corrected chi connectivity index (χ3v) is 3.31. The van der Waals surface area contributed by atoms with Gasteiger partial charge < -0.3 is 5.11 Å². The number of amides is 2. The predicted molar refractivity (Wildman–Crippen MR) is 68.4 cm³/mol. The van der Waals surface area contributed by atoms with E-state index < -0.39 is 5.60 Å². The van der Waals surface area contributed by atoms with E-state index in [4.69, 9.17) is 0 Å². The normalized spacial score (nSPS) is 17.8. The summed E-state index contributed by atoms with van der Waals surface area (Å²) in [7, 11) is 0. The fourth-order valence-corrected chi connectivity index (χ4v) is 2.17. The molecule has 0 unspecified atom stereocenters. The van der Waals surface area contributed by atoms with Crippen molar-refractivity contribution >= 4 is 11.8 Å². The summed E-state index contributed by atoms with van der Waals surface area (Å²) in [4.78, 5) is 22.9. The van der Waals surface area contributed by atoms with Crippen LogP contribution >= 0.6 is 0 Å². The number of hydrazine groups is 1. The first-order valence-corrected chi connectivity index (χ1v) is 6.71. The van der Waals surface area contributed by atoms with E-state index in [0.717, 1.165) is 19.3 Å². The van der Waals surface area contributed by atoms with E-state index in [-0.39, 0.29) is 18.2 Å². The van der Waals surface area contributed by atoms with Gasteiger partial charge in [-0.1, -0.05) is 26.7 Å². The molecule has 5 heteroatoms. The predicted octanol–water partition coefficient (Wildman–Crippen LogP) is 1.27. The Morgan fingerprint density at radius 1 is 1.17 bits per heavy atom. The van der Waals surface area contributed by atoms with Crippen molar-refractivity contribution < 1.29 is 14.7 Å². The van der Waals surface area contributed by atoms with Crippen molar-refractivity contribution in [1.29, 1.82) is 0 Å². The number of hydrogen-bond acceptors (Lipinski definition) is 3. The van der Waals surface area contributed by atoms with Gasteiger partial charge in [-0.2, -0.15) is 0 Å². The second-order valence-electron chi connectivity index (χ2n) is 5.64. The summed E-state index contributed by atoms with van der Waals surface area (Å²) in [6.45, 7) is 4.09. The molecule has 0 aromatic heterocycles. The Labute approximate surface area is 108 Å². The summed E-state index contributed by atoms with van der Waals surface area (Å²) >= 11 is 0. The van der Waals surface area contributed by atoms with Crippen LogP contribution in [0.3, 0.4) is 0 Å². The fraction of sp³-hybridized carbons (Fsp3) is 0.846. The molecule has 1 fully saturated rings. The summed E-state index contributed by atoms with van der Waals surface area (Å²) in [5.41, 5.74) is 3.87. The van der Waals surface area contributed by atoms with Gasteiger partial charge >= 0.3 is 0 Å². The lowest BCUT2D eigenvalue weighted by Crippen LogP contribution is -2.44. The molecule has 2 amide bonds. The molecular formula is C13H24N2O3. The van der Waals surface area contributed by atoms with Crippen molar-refractivity contribution in [3.05, 3.63) is 0 Å². The molecule has 0 bridgehead atoms. The smallest absolute Gasteiger partial charge is 0.241 e. The molecule has 18 heavy (non-hydrogen) atoms. The molecule has 104 valence electrons. The molecule has 0 spiro atoms. The molecule has 0 aromatic carbocycles. The largest absolute Gasteiger partial charge is 0.389 e. The van der Waals surface area contributed by atoms with E-state index >= 15 is 0 Å². The number of hydrogen-bond donors (Lipinski definition) is 3. The second-order valence-corrected chi connectivity index (χ2v) is 5.64. The van der Waals surface area contributed by atoms with Gasteiger partial charge in [-0.05, 0) is 25.2 Å². The molecular weight excluding hydrogens is 232 g/mol. The van der Waals surface area contributed by atoms with Crippen LogP contribution in [0.25, 0.3) is 0 Å². The molecule has 1 rings (SSSR count). The number of carbonyl (C=O) groups excluding carboxylic acids is 2. The first kappa shape index (κ1) is 15.0. The molecule has 0 atom stereocenters. The van der Waals surface area contributed by atoms with Gasteiger partial charge in [0.25, 0.3) is 0 Å². The van der Waals surface area contributed by atoms with Crippen LogP contribution in [0, 0.1) is 5.92 Å². The molecule has 0 heterocycles. The van der Waals surface area contributed by atoms with Crippen LogP contribution in [-0.4, -0.2) is 22.5 Å². The molecule has 1 saturated carbocycles. The number of nitrogens with one attached hydrogen (secondary N) is 2. The van der Waals surface area contributed by atoms with E-state index in [9.17, 15) is 14.7 Å². The Balaban J connectivity index is 2.18. The van der Waals surface area contributed by atoms with Crippen molar-refractivity contribution in [3.8, 4) is 0 Å². The standard InChI is InChI=1S/C13H24N2O3/c1-10(2)5-6-11(16)14-15-12(17)9-13(18)7-3-4-8-13/h10,18H,3-9H2,1-2H3,(H,14,16)(H,15,17). The summed E-state index contributed by atoms with van der Waals surface area (Å²) < 4.78 is 0. The SMILES string of the molecule is CC(C)CCC(=O)NNC(=O)CC1(O)CCCC1. The van der Waals surface area contributed by atoms with Crippen LogP contribution < -0.4 is 10.9 Å². The minimum absolute atomic E-state index is 0.0669. The molecule has 5 nitrogen and oxygen atoms in total. The van der Waals surface area contributed by atoms with Crippen molar-refractivity contribution in [3.63, 3.8) is 0 Å². The van der Waals surface area contributed by atoms with Gasteiger partial charge in [-0.25, -0.2) is 0 Å². The maximum Gasteiger partial charge on any atom is 0.241 e. The maximum atomic E-state index is 11.6. The molecule has 0 aliphatic heterocycles. The Bertz CT molecular complexity index is 297. The average Bonchev–Trinajstić information content (AvgIpc) is 2.70. The topological polar surface area (TPSA) is 78.4 Å². The highest BCUT2D eigenvalue weighted by atomic mass is 16.3. The highest BCUT2D eigenvalue weighted by molar-refractivity contribution is 5.82. The number of aliphatic hydroxyl groups is 1. The van der Waals surface area contributed by atoms with E-state index in [0.29, 0.717) is 25.2 Å². The Kier molecular flexibility index (Phi) is 5.59. The van der Waals surface area contributed by atoms with Crippen molar-refractivity contribution in [1.82, 2.24) is 10.9 Å². The Morgan fingerprint density at radius 3 is 2.28 bits per heavy atom. The summed E-state index contributed by atoms with van der Waals surface area (Å²) in [6.07, 6.45) is 4.53. The van der Waals surface area contributed by atoms with Crippen LogP contribution in [0.2, 0.25) is 0 Å². The third-order valence-electron chi connectivity index (χ3n) is 3.31. The summed E-state index contributed by atoms with van der Waals surface area (Å²) in [6, 6.07) is 0. The van der Waals surface area contributed by atoms with Gasteiger partial charge in [0.15, 0.2) is 0 Å². The fourth-order valence-electron chi connectivity index (χ4n) is 2.17. The van der Waals surface area contributed by atoms with Crippen molar-refractivity contribution in [2.45, 2.75) is 64.4 Å². The van der Waals surface area contributed by atoms with Crippen LogP contribution in [-0.2, 0) is 9.59 Å². The zero-order chi connectivity index (χ0) is 13.6. The zero-order valence-electron chi connectivity index (χ0n) is 11.3. The monoisotopic (exact) mass is 256 g/mol. The molecule has 0 radical (unpaired) electrons. The highest BCUT2D eigenvalue weighted by Crippen LogP contribution is 2.31. The maximum absolute atomic E-state index is 11.6.